The number of aliphatic hydroxyl groups is 1. The zero-order valence-corrected chi connectivity index (χ0v) is 20.5. The van der Waals surface area contributed by atoms with Crippen molar-refractivity contribution in [3.63, 3.8) is 0 Å². The number of esters is 3. The van der Waals surface area contributed by atoms with Gasteiger partial charge >= 0.3 is 17.9 Å². The minimum absolute atomic E-state index is 0.124. The molecule has 1 saturated carbocycles. The first-order valence-electron chi connectivity index (χ1n) is 12.1. The average molecular weight is 507 g/mol. The number of pyridine rings is 1. The van der Waals surface area contributed by atoms with Crippen LogP contribution in [0.5, 0.6) is 0 Å². The van der Waals surface area contributed by atoms with Crippen molar-refractivity contribution in [2.45, 2.75) is 57.6 Å². The molecular weight excluding hydrogens is 480 g/mol. The number of carbonyl (C=O) groups excluding carboxylic acids is 4. The zero-order valence-electron chi connectivity index (χ0n) is 20.5. The van der Waals surface area contributed by atoms with Crippen LogP contribution in [0.1, 0.15) is 44.0 Å². The van der Waals surface area contributed by atoms with E-state index in [4.69, 9.17) is 14.2 Å². The molecule has 37 heavy (non-hydrogen) atoms. The van der Waals surface area contributed by atoms with Gasteiger partial charge in [-0.3, -0.25) is 24.3 Å². The third-order valence-corrected chi connectivity index (χ3v) is 8.63. The number of aromatic nitrogens is 1. The summed E-state index contributed by atoms with van der Waals surface area (Å²) in [4.78, 5) is 59.3. The van der Waals surface area contributed by atoms with E-state index in [1.54, 1.807) is 51.1 Å². The van der Waals surface area contributed by atoms with E-state index < -0.39 is 70.5 Å². The van der Waals surface area contributed by atoms with Crippen LogP contribution in [-0.4, -0.2) is 57.9 Å². The maximum absolute atomic E-state index is 14.2. The van der Waals surface area contributed by atoms with Gasteiger partial charge in [-0.15, -0.1) is 0 Å². The Hall–Kier alpha value is -3.79. The monoisotopic (exact) mass is 506 g/mol. The second kappa shape index (κ2) is 7.38. The van der Waals surface area contributed by atoms with Gasteiger partial charge in [0.25, 0.3) is 5.91 Å². The van der Waals surface area contributed by atoms with Gasteiger partial charge in [-0.2, -0.15) is 0 Å². The molecule has 0 bridgehead atoms. The van der Waals surface area contributed by atoms with Gasteiger partial charge in [0.2, 0.25) is 0 Å². The van der Waals surface area contributed by atoms with E-state index in [1.165, 1.54) is 29.4 Å². The maximum Gasteiger partial charge on any atom is 0.338 e. The normalized spacial score (nSPS) is 36.1. The molecule has 3 aliphatic heterocycles. The third kappa shape index (κ3) is 2.66. The van der Waals surface area contributed by atoms with Crippen molar-refractivity contribution in [3.05, 3.63) is 60.4 Å². The lowest BCUT2D eigenvalue weighted by atomic mass is 9.52. The summed E-state index contributed by atoms with van der Waals surface area (Å²) in [6.07, 6.45) is -1.66. The Bertz CT molecular complexity index is 1320. The molecule has 0 radical (unpaired) electrons. The van der Waals surface area contributed by atoms with Gasteiger partial charge in [-0.05, 0) is 29.7 Å². The quantitative estimate of drug-likeness (QED) is 0.490. The summed E-state index contributed by atoms with van der Waals surface area (Å²) in [5, 5.41) is 12.6. The first-order valence-corrected chi connectivity index (χ1v) is 12.1. The van der Waals surface area contributed by atoms with Crippen molar-refractivity contribution < 1.29 is 38.5 Å². The van der Waals surface area contributed by atoms with E-state index >= 15 is 0 Å². The predicted octanol–water partition coefficient (Wildman–Crippen LogP) is 2.01. The first kappa shape index (κ1) is 23.6. The molecule has 1 aromatic heterocycles. The highest BCUT2D eigenvalue weighted by atomic mass is 16.6. The van der Waals surface area contributed by atoms with Crippen LogP contribution in [0.25, 0.3) is 0 Å². The molecule has 2 spiro atoms. The number of hydrogen-bond donors (Lipinski definition) is 1. The highest BCUT2D eigenvalue weighted by molar-refractivity contribution is 6.07. The molecule has 1 amide bonds. The molecule has 1 unspecified atom stereocenters. The largest absolute Gasteiger partial charge is 0.461 e. The molecule has 1 aromatic carbocycles. The van der Waals surface area contributed by atoms with Crippen LogP contribution in [0.15, 0.2) is 54.9 Å². The lowest BCUT2D eigenvalue weighted by Gasteiger charge is -2.51. The highest BCUT2D eigenvalue weighted by Gasteiger charge is 2.93. The van der Waals surface area contributed by atoms with Crippen molar-refractivity contribution >= 4 is 29.5 Å². The number of benzene rings is 1. The molecule has 10 heteroatoms. The zero-order chi connectivity index (χ0) is 26.4. The summed E-state index contributed by atoms with van der Waals surface area (Å²) in [5.41, 5.74) is -5.86. The van der Waals surface area contributed by atoms with Gasteiger partial charge < -0.3 is 19.3 Å². The van der Waals surface area contributed by atoms with Crippen molar-refractivity contribution in [1.29, 1.82) is 0 Å². The summed E-state index contributed by atoms with van der Waals surface area (Å²) in [5.74, 6) is -2.90. The van der Waals surface area contributed by atoms with E-state index in [0.29, 0.717) is 5.69 Å². The number of anilines is 1. The Morgan fingerprint density at radius 2 is 1.84 bits per heavy atom. The van der Waals surface area contributed by atoms with Gasteiger partial charge in [0, 0.05) is 12.6 Å². The number of amides is 1. The van der Waals surface area contributed by atoms with E-state index in [2.05, 4.69) is 4.98 Å². The molecule has 3 saturated heterocycles. The number of carbonyl (C=O) groups is 4. The first-order chi connectivity index (χ1) is 17.5. The molecule has 4 heterocycles. The Kier molecular flexibility index (Phi) is 4.71. The standard InChI is InChI=1S/C27H26N2O8/c1-24(2,3)26(34)12-17-25(13-18(30)35-17)23(33)37-22-27(25,26)19(36-21(32)15-8-5-4-6-9-15)20(31)29(22)16-10-7-11-28-14-16/h4-11,14,17,19,22,34H,12-13H2,1-3H3/t17-,19-,22-,25-,26+,27?/m0/s1. The van der Waals surface area contributed by atoms with Crippen LogP contribution in [0, 0.1) is 16.2 Å². The average Bonchev–Trinajstić information content (AvgIpc) is 3.47. The SMILES string of the molecule is CC(C)(C)[C@]1(O)C[C@@H]2OC(=O)C[C@@]23C(=O)O[C@@H]2N(c4cccnc4)C(=O)[C@H](OC(=O)c4ccccc4)C213. The van der Waals surface area contributed by atoms with Crippen LogP contribution in [0.2, 0.25) is 0 Å². The molecule has 4 fully saturated rings. The van der Waals surface area contributed by atoms with Gasteiger partial charge in [0.15, 0.2) is 12.3 Å². The van der Waals surface area contributed by atoms with Gasteiger partial charge in [-0.25, -0.2) is 4.79 Å². The molecule has 192 valence electrons. The van der Waals surface area contributed by atoms with E-state index in [1.807, 2.05) is 0 Å². The fraction of sp³-hybridized carbons (Fsp3) is 0.444. The van der Waals surface area contributed by atoms with Gasteiger partial charge in [-0.1, -0.05) is 39.0 Å². The molecule has 4 aliphatic rings. The summed E-state index contributed by atoms with van der Waals surface area (Å²) in [6.45, 7) is 5.31. The van der Waals surface area contributed by atoms with Crippen molar-refractivity contribution in [1.82, 2.24) is 4.98 Å². The molecule has 6 atom stereocenters. The lowest BCUT2D eigenvalue weighted by Crippen LogP contribution is -2.66. The van der Waals surface area contributed by atoms with Crippen LogP contribution in [0.4, 0.5) is 5.69 Å². The Balaban J connectivity index is 1.62. The molecule has 10 nitrogen and oxygen atoms in total. The Labute approximate surface area is 212 Å². The highest BCUT2D eigenvalue weighted by Crippen LogP contribution is 2.76. The maximum atomic E-state index is 14.2. The second-order valence-electron chi connectivity index (χ2n) is 11.1. The number of hydrogen-bond acceptors (Lipinski definition) is 9. The second-order valence-corrected chi connectivity index (χ2v) is 11.1. The fourth-order valence-electron chi connectivity index (χ4n) is 7.03. The van der Waals surface area contributed by atoms with E-state index in [9.17, 15) is 24.3 Å². The van der Waals surface area contributed by atoms with Crippen molar-refractivity contribution in [2.24, 2.45) is 16.2 Å². The minimum Gasteiger partial charge on any atom is -0.461 e. The number of ether oxygens (including phenoxy) is 3. The van der Waals surface area contributed by atoms with Crippen LogP contribution >= 0.6 is 0 Å². The van der Waals surface area contributed by atoms with Gasteiger partial charge in [0.1, 0.15) is 16.9 Å². The van der Waals surface area contributed by atoms with Crippen LogP contribution < -0.4 is 4.90 Å². The summed E-state index contributed by atoms with van der Waals surface area (Å²) in [6, 6.07) is 11.3. The molecule has 2 aromatic rings. The number of nitrogens with zero attached hydrogens (tertiary/aromatic N) is 2. The van der Waals surface area contributed by atoms with Crippen LogP contribution in [0.3, 0.4) is 0 Å². The summed E-state index contributed by atoms with van der Waals surface area (Å²) < 4.78 is 17.4. The predicted molar refractivity (Wildman–Crippen MR) is 126 cm³/mol. The van der Waals surface area contributed by atoms with E-state index in [0.717, 1.165) is 0 Å². The summed E-state index contributed by atoms with van der Waals surface area (Å²) >= 11 is 0. The molecular formula is C27H26N2O8. The summed E-state index contributed by atoms with van der Waals surface area (Å²) in [7, 11) is 0. The topological polar surface area (TPSA) is 132 Å². The third-order valence-electron chi connectivity index (χ3n) is 8.63. The minimum atomic E-state index is -1.84. The Morgan fingerprint density at radius 3 is 2.49 bits per heavy atom. The smallest absolute Gasteiger partial charge is 0.338 e. The van der Waals surface area contributed by atoms with Crippen molar-refractivity contribution in [3.8, 4) is 0 Å². The van der Waals surface area contributed by atoms with E-state index in [-0.39, 0.29) is 12.0 Å². The fourth-order valence-corrected chi connectivity index (χ4v) is 7.03. The molecule has 1 N–H and O–H groups in total. The molecule has 1 aliphatic carbocycles. The number of rotatable bonds is 3. The Morgan fingerprint density at radius 1 is 1.11 bits per heavy atom. The van der Waals surface area contributed by atoms with Crippen LogP contribution in [-0.2, 0) is 28.6 Å². The van der Waals surface area contributed by atoms with Crippen molar-refractivity contribution in [2.75, 3.05) is 4.90 Å². The van der Waals surface area contributed by atoms with Gasteiger partial charge in [0.05, 0.1) is 29.5 Å². The molecule has 6 rings (SSSR count). The lowest BCUT2D eigenvalue weighted by molar-refractivity contribution is -0.204.